The first-order valence-corrected chi connectivity index (χ1v) is 11.1. The minimum atomic E-state index is -0.678. The molecular formula is C23H36N6O3. The van der Waals surface area contributed by atoms with Gasteiger partial charge in [-0.2, -0.15) is 4.98 Å². The fourth-order valence-electron chi connectivity index (χ4n) is 3.27. The maximum absolute atomic E-state index is 11.5. The van der Waals surface area contributed by atoms with E-state index in [-0.39, 0.29) is 17.8 Å². The number of hydrogen-bond acceptors (Lipinski definition) is 8. The quantitative estimate of drug-likeness (QED) is 0.417. The summed E-state index contributed by atoms with van der Waals surface area (Å²) >= 11 is 0. The molecule has 1 fully saturated rings. The van der Waals surface area contributed by atoms with Crippen molar-refractivity contribution < 1.29 is 14.6 Å². The van der Waals surface area contributed by atoms with E-state index in [9.17, 15) is 9.90 Å². The van der Waals surface area contributed by atoms with E-state index in [0.717, 1.165) is 24.3 Å². The Labute approximate surface area is 190 Å². The van der Waals surface area contributed by atoms with Crippen molar-refractivity contribution >= 4 is 29.0 Å². The topological polar surface area (TPSA) is 148 Å². The zero-order valence-corrected chi connectivity index (χ0v) is 19.2. The van der Waals surface area contributed by atoms with Crippen molar-refractivity contribution in [2.75, 3.05) is 29.9 Å². The molecule has 9 heteroatoms. The number of nitrogens with zero attached hydrogens (tertiary/aromatic N) is 2. The first-order valence-electron chi connectivity index (χ1n) is 11.1. The smallest absolute Gasteiger partial charge is 0.223 e. The molecule has 0 bridgehead atoms. The van der Waals surface area contributed by atoms with Crippen molar-refractivity contribution in [3.8, 4) is 5.75 Å². The maximum Gasteiger partial charge on any atom is 0.223 e. The van der Waals surface area contributed by atoms with E-state index in [1.807, 2.05) is 31.2 Å². The number of aromatic nitrogens is 2. The SMILES string of the molecule is CC(C)(O)CCNC(=O)C1CCCC1.CCOc1ccc(Nc2nc(N)ncc2N)cc1. The number of nitrogens with one attached hydrogen (secondary N) is 2. The highest BCUT2D eigenvalue weighted by Crippen LogP contribution is 2.25. The van der Waals surface area contributed by atoms with Gasteiger partial charge in [-0.1, -0.05) is 12.8 Å². The summed E-state index contributed by atoms with van der Waals surface area (Å²) in [5.74, 6) is 1.89. The number of nitrogens with two attached hydrogens (primary N) is 2. The molecule has 32 heavy (non-hydrogen) atoms. The van der Waals surface area contributed by atoms with Crippen molar-refractivity contribution in [2.45, 2.75) is 58.5 Å². The fourth-order valence-corrected chi connectivity index (χ4v) is 3.27. The molecule has 1 aliphatic rings. The van der Waals surface area contributed by atoms with Gasteiger partial charge in [0.25, 0.3) is 0 Å². The molecule has 3 rings (SSSR count). The van der Waals surface area contributed by atoms with E-state index in [0.29, 0.717) is 31.1 Å². The van der Waals surface area contributed by atoms with E-state index in [1.165, 1.54) is 19.0 Å². The van der Waals surface area contributed by atoms with Crippen LogP contribution in [-0.4, -0.2) is 39.7 Å². The van der Waals surface area contributed by atoms with Crippen LogP contribution in [0.15, 0.2) is 30.5 Å². The van der Waals surface area contributed by atoms with Crippen molar-refractivity contribution in [1.29, 1.82) is 0 Å². The van der Waals surface area contributed by atoms with Crippen LogP contribution < -0.4 is 26.8 Å². The Morgan fingerprint density at radius 1 is 1.22 bits per heavy atom. The van der Waals surface area contributed by atoms with E-state index >= 15 is 0 Å². The molecule has 0 atom stereocenters. The third kappa shape index (κ3) is 8.97. The third-order valence-electron chi connectivity index (χ3n) is 5.03. The summed E-state index contributed by atoms with van der Waals surface area (Å²) in [6.45, 7) is 6.68. The van der Waals surface area contributed by atoms with Crippen LogP contribution in [0.4, 0.5) is 23.1 Å². The summed E-state index contributed by atoms with van der Waals surface area (Å²) in [7, 11) is 0. The molecular weight excluding hydrogens is 408 g/mol. The number of amides is 1. The number of hydrogen-bond donors (Lipinski definition) is 5. The summed E-state index contributed by atoms with van der Waals surface area (Å²) in [5.41, 5.74) is 11.9. The highest BCUT2D eigenvalue weighted by molar-refractivity contribution is 5.78. The number of carbonyl (C=O) groups is 1. The summed E-state index contributed by atoms with van der Waals surface area (Å²) in [5, 5.41) is 15.4. The molecule has 1 aromatic heterocycles. The highest BCUT2D eigenvalue weighted by Gasteiger charge is 2.22. The van der Waals surface area contributed by atoms with Gasteiger partial charge in [0.1, 0.15) is 5.75 Å². The lowest BCUT2D eigenvalue weighted by Crippen LogP contribution is -2.33. The molecule has 2 aromatic rings. The van der Waals surface area contributed by atoms with Crippen LogP contribution in [-0.2, 0) is 4.79 Å². The lowest BCUT2D eigenvalue weighted by molar-refractivity contribution is -0.124. The van der Waals surface area contributed by atoms with Crippen LogP contribution in [0.5, 0.6) is 5.75 Å². The van der Waals surface area contributed by atoms with Crippen LogP contribution in [0.2, 0.25) is 0 Å². The summed E-state index contributed by atoms with van der Waals surface area (Å²) < 4.78 is 5.36. The molecule has 0 aliphatic heterocycles. The van der Waals surface area contributed by atoms with Gasteiger partial charge in [-0.15, -0.1) is 0 Å². The molecule has 0 spiro atoms. The maximum atomic E-state index is 11.5. The highest BCUT2D eigenvalue weighted by atomic mass is 16.5. The minimum absolute atomic E-state index is 0.173. The molecule has 1 amide bonds. The summed E-state index contributed by atoms with van der Waals surface area (Å²) in [6.07, 6.45) is 6.53. The molecule has 0 radical (unpaired) electrons. The molecule has 7 N–H and O–H groups in total. The normalized spacial score (nSPS) is 13.8. The molecule has 9 nitrogen and oxygen atoms in total. The Balaban J connectivity index is 0.000000235. The first kappa shape index (κ1) is 25.2. The van der Waals surface area contributed by atoms with Gasteiger partial charge in [-0.3, -0.25) is 4.79 Å². The van der Waals surface area contributed by atoms with Crippen LogP contribution in [0.1, 0.15) is 52.9 Å². The number of nitrogen functional groups attached to an aromatic ring is 2. The zero-order valence-electron chi connectivity index (χ0n) is 19.2. The number of aliphatic hydroxyl groups is 1. The molecule has 1 heterocycles. The van der Waals surface area contributed by atoms with Gasteiger partial charge >= 0.3 is 0 Å². The molecule has 0 saturated heterocycles. The van der Waals surface area contributed by atoms with Crippen molar-refractivity contribution in [2.24, 2.45) is 5.92 Å². The number of ether oxygens (including phenoxy) is 1. The van der Waals surface area contributed by atoms with Crippen LogP contribution in [0.3, 0.4) is 0 Å². The van der Waals surface area contributed by atoms with Gasteiger partial charge in [-0.05, 0) is 64.3 Å². The molecule has 1 aliphatic carbocycles. The predicted octanol–water partition coefficient (Wildman–Crippen LogP) is 3.24. The van der Waals surface area contributed by atoms with Gasteiger partial charge < -0.3 is 31.9 Å². The Kier molecular flexibility index (Phi) is 9.52. The van der Waals surface area contributed by atoms with Crippen LogP contribution >= 0.6 is 0 Å². The van der Waals surface area contributed by atoms with Crippen molar-refractivity contribution in [3.63, 3.8) is 0 Å². The number of benzene rings is 1. The molecule has 176 valence electrons. The van der Waals surface area contributed by atoms with Gasteiger partial charge in [0, 0.05) is 18.2 Å². The van der Waals surface area contributed by atoms with Crippen LogP contribution in [0, 0.1) is 5.92 Å². The second kappa shape index (κ2) is 12.1. The monoisotopic (exact) mass is 444 g/mol. The summed E-state index contributed by atoms with van der Waals surface area (Å²) in [4.78, 5) is 19.4. The Hall–Kier alpha value is -3.07. The summed E-state index contributed by atoms with van der Waals surface area (Å²) in [6, 6.07) is 7.49. The standard InChI is InChI=1S/C12H15N5O.C11H21NO2/c1-2-18-9-5-3-8(4-6-9)16-11-10(13)7-15-12(14)17-11;1-11(2,14)7-8-12-10(13)9-5-3-4-6-9/h3-7H,2,13H2,1H3,(H3,14,15,16,17);9,14H,3-8H2,1-2H3,(H,12,13). The van der Waals surface area contributed by atoms with Crippen molar-refractivity contribution in [3.05, 3.63) is 30.5 Å². The van der Waals surface area contributed by atoms with Crippen molar-refractivity contribution in [1.82, 2.24) is 15.3 Å². The van der Waals surface area contributed by atoms with E-state index in [2.05, 4.69) is 20.6 Å². The number of rotatable bonds is 8. The minimum Gasteiger partial charge on any atom is -0.494 e. The fraction of sp³-hybridized carbons (Fsp3) is 0.522. The average molecular weight is 445 g/mol. The largest absolute Gasteiger partial charge is 0.494 e. The lowest BCUT2D eigenvalue weighted by atomic mass is 10.0. The van der Waals surface area contributed by atoms with E-state index < -0.39 is 5.60 Å². The zero-order chi connectivity index (χ0) is 23.6. The lowest BCUT2D eigenvalue weighted by Gasteiger charge is -2.18. The average Bonchev–Trinajstić information content (AvgIpc) is 3.27. The van der Waals surface area contributed by atoms with Gasteiger partial charge in [0.2, 0.25) is 11.9 Å². The van der Waals surface area contributed by atoms with E-state index in [4.69, 9.17) is 16.2 Å². The predicted molar refractivity (Wildman–Crippen MR) is 128 cm³/mol. The van der Waals surface area contributed by atoms with Crippen LogP contribution in [0.25, 0.3) is 0 Å². The Morgan fingerprint density at radius 3 is 2.47 bits per heavy atom. The van der Waals surface area contributed by atoms with Gasteiger partial charge in [0.15, 0.2) is 5.82 Å². The Morgan fingerprint density at radius 2 is 1.88 bits per heavy atom. The number of carbonyl (C=O) groups excluding carboxylic acids is 1. The third-order valence-corrected chi connectivity index (χ3v) is 5.03. The second-order valence-corrected chi connectivity index (χ2v) is 8.45. The second-order valence-electron chi connectivity index (χ2n) is 8.45. The first-order chi connectivity index (χ1) is 15.2. The van der Waals surface area contributed by atoms with Gasteiger partial charge in [-0.25, -0.2) is 4.98 Å². The molecule has 0 unspecified atom stereocenters. The van der Waals surface area contributed by atoms with Gasteiger partial charge in [0.05, 0.1) is 24.1 Å². The molecule has 1 aromatic carbocycles. The molecule has 1 saturated carbocycles. The number of anilines is 4. The Bertz CT molecular complexity index is 846. The van der Waals surface area contributed by atoms with E-state index in [1.54, 1.807) is 13.8 Å².